The second-order valence-electron chi connectivity index (χ2n) is 5.31. The Hall–Kier alpha value is -2.82. The molecular weight excluding hydrogens is 290 g/mol. The Balaban J connectivity index is 1.64. The summed E-state index contributed by atoms with van der Waals surface area (Å²) < 4.78 is 7.20. The van der Waals surface area contributed by atoms with Gasteiger partial charge < -0.3 is 14.6 Å². The fraction of sp³-hybridized carbons (Fsp3) is 0.222. The molecule has 0 atom stereocenters. The summed E-state index contributed by atoms with van der Waals surface area (Å²) in [6, 6.07) is 15.1. The van der Waals surface area contributed by atoms with Gasteiger partial charge in [-0.15, -0.1) is 0 Å². The fourth-order valence-corrected chi connectivity index (χ4v) is 2.57. The molecule has 3 rings (SSSR count). The van der Waals surface area contributed by atoms with Gasteiger partial charge in [0.2, 0.25) is 0 Å². The number of imidazole rings is 1. The highest BCUT2D eigenvalue weighted by atomic mass is 16.5. The highest BCUT2D eigenvalue weighted by Crippen LogP contribution is 2.15. The van der Waals surface area contributed by atoms with E-state index in [0.717, 1.165) is 16.9 Å². The van der Waals surface area contributed by atoms with Crippen molar-refractivity contribution in [3.63, 3.8) is 0 Å². The number of para-hydroxylation sites is 2. The maximum Gasteiger partial charge on any atom is 0.251 e. The molecule has 1 aromatic heterocycles. The van der Waals surface area contributed by atoms with E-state index in [2.05, 4.69) is 14.9 Å². The summed E-state index contributed by atoms with van der Waals surface area (Å²) >= 11 is 0. The van der Waals surface area contributed by atoms with Crippen molar-refractivity contribution in [3.8, 4) is 5.75 Å². The van der Waals surface area contributed by atoms with E-state index in [9.17, 15) is 4.79 Å². The molecule has 1 amide bonds. The number of hydrogen-bond acceptors (Lipinski definition) is 3. The number of carbonyl (C=O) groups excluding carboxylic acids is 1. The number of rotatable bonds is 5. The third-order valence-corrected chi connectivity index (χ3v) is 3.85. The van der Waals surface area contributed by atoms with Crippen LogP contribution in [0.25, 0.3) is 11.0 Å². The van der Waals surface area contributed by atoms with Crippen molar-refractivity contribution >= 4 is 16.9 Å². The highest BCUT2D eigenvalue weighted by molar-refractivity contribution is 5.94. The summed E-state index contributed by atoms with van der Waals surface area (Å²) in [4.78, 5) is 16.8. The highest BCUT2D eigenvalue weighted by Gasteiger charge is 2.09. The topological polar surface area (TPSA) is 56.1 Å². The van der Waals surface area contributed by atoms with Crippen molar-refractivity contribution < 1.29 is 9.53 Å². The van der Waals surface area contributed by atoms with Crippen molar-refractivity contribution in [2.75, 3.05) is 13.7 Å². The standard InChI is InChI=1S/C18H19N3O2/c1-21-16-9-4-3-8-15(16)20-17(21)10-11-19-18(22)13-6-5-7-14(12-13)23-2/h3-9,12H,10-11H2,1-2H3,(H,19,22). The molecule has 0 aliphatic heterocycles. The normalized spacial score (nSPS) is 10.7. The molecule has 0 aliphatic carbocycles. The molecule has 0 saturated carbocycles. The lowest BCUT2D eigenvalue weighted by Gasteiger charge is -2.07. The predicted molar refractivity (Wildman–Crippen MR) is 89.7 cm³/mol. The van der Waals surface area contributed by atoms with Crippen molar-refractivity contribution in [2.24, 2.45) is 7.05 Å². The van der Waals surface area contributed by atoms with E-state index in [-0.39, 0.29) is 5.91 Å². The summed E-state index contributed by atoms with van der Waals surface area (Å²) in [6.45, 7) is 0.535. The Morgan fingerprint density at radius 2 is 2.04 bits per heavy atom. The first-order chi connectivity index (χ1) is 11.2. The van der Waals surface area contributed by atoms with Gasteiger partial charge in [-0.1, -0.05) is 18.2 Å². The molecule has 3 aromatic rings. The van der Waals surface area contributed by atoms with Crippen molar-refractivity contribution in [1.82, 2.24) is 14.9 Å². The molecule has 0 spiro atoms. The van der Waals surface area contributed by atoms with Gasteiger partial charge in [-0.2, -0.15) is 0 Å². The maximum absolute atomic E-state index is 12.2. The van der Waals surface area contributed by atoms with Crippen LogP contribution < -0.4 is 10.1 Å². The van der Waals surface area contributed by atoms with E-state index < -0.39 is 0 Å². The molecule has 0 unspecified atom stereocenters. The number of aryl methyl sites for hydroxylation is 1. The average Bonchev–Trinajstić information content (AvgIpc) is 2.91. The zero-order chi connectivity index (χ0) is 16.2. The third kappa shape index (κ3) is 3.18. The van der Waals surface area contributed by atoms with Gasteiger partial charge in [0, 0.05) is 25.6 Å². The Bertz CT molecular complexity index is 839. The van der Waals surface area contributed by atoms with E-state index >= 15 is 0 Å². The summed E-state index contributed by atoms with van der Waals surface area (Å²) in [5, 5.41) is 2.92. The number of hydrogen-bond donors (Lipinski definition) is 1. The molecule has 0 saturated heterocycles. The molecule has 23 heavy (non-hydrogen) atoms. The smallest absolute Gasteiger partial charge is 0.251 e. The van der Waals surface area contributed by atoms with E-state index in [1.54, 1.807) is 25.3 Å². The largest absolute Gasteiger partial charge is 0.497 e. The van der Waals surface area contributed by atoms with Gasteiger partial charge in [-0.25, -0.2) is 4.98 Å². The van der Waals surface area contributed by atoms with Crippen LogP contribution in [0, 0.1) is 0 Å². The second-order valence-corrected chi connectivity index (χ2v) is 5.31. The molecular formula is C18H19N3O2. The monoisotopic (exact) mass is 309 g/mol. The van der Waals surface area contributed by atoms with Gasteiger partial charge in [0.1, 0.15) is 11.6 Å². The fourth-order valence-electron chi connectivity index (χ4n) is 2.57. The number of fused-ring (bicyclic) bond motifs is 1. The first-order valence-electron chi connectivity index (χ1n) is 7.51. The Labute approximate surface area is 134 Å². The Morgan fingerprint density at radius 1 is 1.22 bits per heavy atom. The van der Waals surface area contributed by atoms with E-state index in [0.29, 0.717) is 24.3 Å². The van der Waals surface area contributed by atoms with Crippen LogP contribution in [0.3, 0.4) is 0 Å². The van der Waals surface area contributed by atoms with Gasteiger partial charge >= 0.3 is 0 Å². The first-order valence-corrected chi connectivity index (χ1v) is 7.51. The number of nitrogens with one attached hydrogen (secondary N) is 1. The lowest BCUT2D eigenvalue weighted by Crippen LogP contribution is -2.26. The van der Waals surface area contributed by atoms with E-state index in [1.807, 2.05) is 37.4 Å². The quantitative estimate of drug-likeness (QED) is 0.788. The number of nitrogens with zero attached hydrogens (tertiary/aromatic N) is 2. The van der Waals surface area contributed by atoms with Crippen LogP contribution in [0.2, 0.25) is 0 Å². The minimum atomic E-state index is -0.109. The van der Waals surface area contributed by atoms with Gasteiger partial charge in [-0.3, -0.25) is 4.79 Å². The summed E-state index contributed by atoms with van der Waals surface area (Å²) in [6.07, 6.45) is 0.681. The summed E-state index contributed by atoms with van der Waals surface area (Å²) in [5.74, 6) is 1.52. The predicted octanol–water partition coefficient (Wildman–Crippen LogP) is 2.55. The molecule has 2 aromatic carbocycles. The van der Waals surface area contributed by atoms with Gasteiger partial charge in [0.05, 0.1) is 18.1 Å². The zero-order valence-corrected chi connectivity index (χ0v) is 13.2. The molecule has 0 fully saturated rings. The number of ether oxygens (including phenoxy) is 1. The van der Waals surface area contributed by atoms with Crippen LogP contribution in [-0.4, -0.2) is 29.1 Å². The molecule has 1 N–H and O–H groups in total. The third-order valence-electron chi connectivity index (χ3n) is 3.85. The van der Waals surface area contributed by atoms with Crippen molar-refractivity contribution in [3.05, 3.63) is 59.9 Å². The summed E-state index contributed by atoms with van der Waals surface area (Å²) in [7, 11) is 3.58. The maximum atomic E-state index is 12.2. The minimum absolute atomic E-state index is 0.109. The number of benzene rings is 2. The molecule has 5 heteroatoms. The lowest BCUT2D eigenvalue weighted by atomic mass is 10.2. The number of amides is 1. The van der Waals surface area contributed by atoms with Crippen LogP contribution >= 0.6 is 0 Å². The lowest BCUT2D eigenvalue weighted by molar-refractivity contribution is 0.0953. The van der Waals surface area contributed by atoms with Gasteiger partial charge in [0.25, 0.3) is 5.91 Å². The van der Waals surface area contributed by atoms with Crippen LogP contribution in [0.5, 0.6) is 5.75 Å². The van der Waals surface area contributed by atoms with Crippen LogP contribution in [-0.2, 0) is 13.5 Å². The van der Waals surface area contributed by atoms with E-state index in [4.69, 9.17) is 4.74 Å². The van der Waals surface area contributed by atoms with Crippen LogP contribution in [0.1, 0.15) is 16.2 Å². The molecule has 5 nitrogen and oxygen atoms in total. The van der Waals surface area contributed by atoms with Crippen LogP contribution in [0.4, 0.5) is 0 Å². The zero-order valence-electron chi connectivity index (χ0n) is 13.2. The first kappa shape index (κ1) is 15.1. The Kier molecular flexibility index (Phi) is 4.28. The minimum Gasteiger partial charge on any atom is -0.497 e. The average molecular weight is 309 g/mol. The second kappa shape index (κ2) is 6.52. The SMILES string of the molecule is COc1cccc(C(=O)NCCc2nc3ccccc3n2C)c1. The van der Waals surface area contributed by atoms with E-state index in [1.165, 1.54) is 0 Å². The summed E-state index contributed by atoms with van der Waals surface area (Å²) in [5.41, 5.74) is 2.67. The molecule has 118 valence electrons. The molecule has 0 bridgehead atoms. The number of carbonyl (C=O) groups is 1. The van der Waals surface area contributed by atoms with Crippen LogP contribution in [0.15, 0.2) is 48.5 Å². The molecule has 0 aliphatic rings. The molecule has 1 heterocycles. The van der Waals surface area contributed by atoms with Crippen molar-refractivity contribution in [1.29, 1.82) is 0 Å². The Morgan fingerprint density at radius 3 is 2.83 bits per heavy atom. The number of aromatic nitrogens is 2. The molecule has 0 radical (unpaired) electrons. The van der Waals surface area contributed by atoms with Gasteiger partial charge in [-0.05, 0) is 30.3 Å². The van der Waals surface area contributed by atoms with Crippen molar-refractivity contribution in [2.45, 2.75) is 6.42 Å². The number of methoxy groups -OCH3 is 1. The van der Waals surface area contributed by atoms with Gasteiger partial charge in [0.15, 0.2) is 0 Å².